The lowest BCUT2D eigenvalue weighted by molar-refractivity contribution is 0.494. The number of nitrogens with one attached hydrogen (secondary N) is 2. The monoisotopic (exact) mass is 366 g/mol. The molecule has 0 spiro atoms. The molecule has 27 heavy (non-hydrogen) atoms. The Morgan fingerprint density at radius 1 is 1.30 bits per heavy atom. The smallest absolute Gasteiger partial charge is 0.248 e. The second-order valence-electron chi connectivity index (χ2n) is 7.50. The Bertz CT molecular complexity index is 954. The highest BCUT2D eigenvalue weighted by Crippen LogP contribution is 2.32. The molecule has 1 heterocycles. The molecule has 1 aliphatic carbocycles. The molecule has 3 nitrogen and oxygen atoms in total. The van der Waals surface area contributed by atoms with Crippen molar-refractivity contribution in [3.8, 4) is 0 Å². The maximum atomic E-state index is 14.2. The zero-order valence-electron chi connectivity index (χ0n) is 16.0. The number of rotatable bonds is 4. The fourth-order valence-corrected chi connectivity index (χ4v) is 3.75. The van der Waals surface area contributed by atoms with Crippen molar-refractivity contribution >= 4 is 16.6 Å². The molecular weight excluding hydrogens is 339 g/mol. The SMILES string of the molecule is C=C(C)/C=C\C=C1/CCCCC(C)C1Nc1ccc(F)c2[nH]c(=O)ccc12. The van der Waals surface area contributed by atoms with Crippen molar-refractivity contribution < 1.29 is 4.39 Å². The summed E-state index contributed by atoms with van der Waals surface area (Å²) in [6.45, 7) is 8.15. The van der Waals surface area contributed by atoms with Crippen LogP contribution in [0.4, 0.5) is 10.1 Å². The average Bonchev–Trinajstić information content (AvgIpc) is 2.79. The summed E-state index contributed by atoms with van der Waals surface area (Å²) in [7, 11) is 0. The molecule has 3 rings (SSSR count). The van der Waals surface area contributed by atoms with Crippen molar-refractivity contribution in [3.63, 3.8) is 0 Å². The van der Waals surface area contributed by atoms with Crippen LogP contribution in [-0.4, -0.2) is 11.0 Å². The molecule has 0 aliphatic heterocycles. The van der Waals surface area contributed by atoms with Gasteiger partial charge in [0.2, 0.25) is 5.56 Å². The predicted octanol–water partition coefficient (Wildman–Crippen LogP) is 5.72. The summed E-state index contributed by atoms with van der Waals surface area (Å²) < 4.78 is 14.2. The fraction of sp³-hybridized carbons (Fsp3) is 0.348. The Labute approximate surface area is 159 Å². The van der Waals surface area contributed by atoms with Crippen molar-refractivity contribution in [1.82, 2.24) is 4.98 Å². The van der Waals surface area contributed by atoms with Crippen LogP contribution in [-0.2, 0) is 0 Å². The second kappa shape index (κ2) is 8.38. The molecule has 142 valence electrons. The van der Waals surface area contributed by atoms with E-state index in [2.05, 4.69) is 36.0 Å². The van der Waals surface area contributed by atoms with Gasteiger partial charge in [0, 0.05) is 17.1 Å². The number of halogens is 1. The van der Waals surface area contributed by atoms with Crippen LogP contribution >= 0.6 is 0 Å². The number of H-pyrrole nitrogens is 1. The van der Waals surface area contributed by atoms with Gasteiger partial charge in [-0.1, -0.05) is 43.7 Å². The highest BCUT2D eigenvalue weighted by Gasteiger charge is 2.24. The van der Waals surface area contributed by atoms with Crippen molar-refractivity contribution in [2.45, 2.75) is 45.6 Å². The van der Waals surface area contributed by atoms with Crippen molar-refractivity contribution in [2.24, 2.45) is 5.92 Å². The van der Waals surface area contributed by atoms with Crippen LogP contribution in [0.3, 0.4) is 0 Å². The maximum absolute atomic E-state index is 14.2. The highest BCUT2D eigenvalue weighted by atomic mass is 19.1. The van der Waals surface area contributed by atoms with Gasteiger partial charge in [-0.05, 0) is 55.9 Å². The number of allylic oxidation sites excluding steroid dienone is 4. The lowest BCUT2D eigenvalue weighted by atomic mass is 9.92. The quantitative estimate of drug-likeness (QED) is 0.537. The van der Waals surface area contributed by atoms with E-state index in [0.717, 1.165) is 24.1 Å². The van der Waals surface area contributed by atoms with E-state index in [1.807, 2.05) is 13.0 Å². The minimum atomic E-state index is -0.415. The molecule has 2 atom stereocenters. The van der Waals surface area contributed by atoms with Gasteiger partial charge in [-0.2, -0.15) is 0 Å². The van der Waals surface area contributed by atoms with Crippen LogP contribution in [0.15, 0.2) is 65.0 Å². The van der Waals surface area contributed by atoms with Gasteiger partial charge < -0.3 is 10.3 Å². The zero-order valence-corrected chi connectivity index (χ0v) is 16.0. The Kier molecular flexibility index (Phi) is 5.94. The van der Waals surface area contributed by atoms with Crippen LogP contribution in [0, 0.1) is 11.7 Å². The molecule has 1 aromatic carbocycles. The van der Waals surface area contributed by atoms with E-state index in [1.54, 1.807) is 12.1 Å². The van der Waals surface area contributed by atoms with Gasteiger partial charge in [0.15, 0.2) is 0 Å². The van der Waals surface area contributed by atoms with Crippen molar-refractivity contribution in [2.75, 3.05) is 5.32 Å². The van der Waals surface area contributed by atoms with E-state index in [4.69, 9.17) is 0 Å². The largest absolute Gasteiger partial charge is 0.378 e. The Morgan fingerprint density at radius 3 is 2.89 bits per heavy atom. The second-order valence-corrected chi connectivity index (χ2v) is 7.50. The molecule has 1 aliphatic rings. The summed E-state index contributed by atoms with van der Waals surface area (Å²) in [5.41, 5.74) is 3.16. The summed E-state index contributed by atoms with van der Waals surface area (Å²) in [6, 6.07) is 6.46. The molecule has 2 unspecified atom stereocenters. The molecular formula is C23H27FN2O. The summed E-state index contributed by atoms with van der Waals surface area (Å²) in [5, 5.41) is 4.33. The van der Waals surface area contributed by atoms with E-state index in [0.29, 0.717) is 11.3 Å². The third kappa shape index (κ3) is 4.57. The van der Waals surface area contributed by atoms with E-state index >= 15 is 0 Å². The first-order valence-corrected chi connectivity index (χ1v) is 9.56. The number of hydrogen-bond acceptors (Lipinski definition) is 2. The molecule has 0 saturated heterocycles. The van der Waals surface area contributed by atoms with Gasteiger partial charge in [-0.25, -0.2) is 4.39 Å². The Balaban J connectivity index is 1.99. The van der Waals surface area contributed by atoms with Gasteiger partial charge in [0.25, 0.3) is 0 Å². The van der Waals surface area contributed by atoms with Gasteiger partial charge in [-0.15, -0.1) is 0 Å². The number of benzene rings is 1. The van der Waals surface area contributed by atoms with Gasteiger partial charge in [-0.3, -0.25) is 4.79 Å². The van der Waals surface area contributed by atoms with Crippen LogP contribution in [0.1, 0.15) is 39.5 Å². The normalized spacial score (nSPS) is 22.3. The van der Waals surface area contributed by atoms with E-state index < -0.39 is 5.82 Å². The topological polar surface area (TPSA) is 44.9 Å². The minimum absolute atomic E-state index is 0.169. The number of anilines is 1. The molecule has 0 radical (unpaired) electrons. The Morgan fingerprint density at radius 2 is 2.11 bits per heavy atom. The lowest BCUT2D eigenvalue weighted by Gasteiger charge is -2.27. The number of fused-ring (bicyclic) bond motifs is 1. The number of hydrogen-bond donors (Lipinski definition) is 2. The van der Waals surface area contributed by atoms with E-state index in [9.17, 15) is 9.18 Å². The van der Waals surface area contributed by atoms with Crippen LogP contribution in [0.25, 0.3) is 10.9 Å². The minimum Gasteiger partial charge on any atom is -0.378 e. The molecule has 1 fully saturated rings. The molecule has 0 bridgehead atoms. The summed E-state index contributed by atoms with van der Waals surface area (Å²) in [4.78, 5) is 14.2. The first kappa shape index (κ1) is 19.2. The van der Waals surface area contributed by atoms with Crippen molar-refractivity contribution in [1.29, 1.82) is 0 Å². The van der Waals surface area contributed by atoms with E-state index in [-0.39, 0.29) is 17.1 Å². The van der Waals surface area contributed by atoms with Crippen LogP contribution in [0.5, 0.6) is 0 Å². The number of aromatic nitrogens is 1. The van der Waals surface area contributed by atoms with Crippen LogP contribution < -0.4 is 10.9 Å². The molecule has 1 saturated carbocycles. The standard InChI is InChI=1S/C23H27FN2O/c1-15(2)7-6-10-17-9-5-4-8-16(3)22(17)25-20-13-12-19(24)23-18(20)11-14-21(27)26-23/h6-7,10-14,16,22,25H,1,4-5,8-9H2,2-3H3,(H,26,27)/b7-6-,17-10+. The summed E-state index contributed by atoms with van der Waals surface area (Å²) >= 11 is 0. The first-order valence-electron chi connectivity index (χ1n) is 9.56. The van der Waals surface area contributed by atoms with Crippen molar-refractivity contribution in [3.05, 3.63) is 76.4 Å². The van der Waals surface area contributed by atoms with Gasteiger partial charge in [0.05, 0.1) is 11.6 Å². The molecule has 4 heteroatoms. The van der Waals surface area contributed by atoms with Crippen LogP contribution in [0.2, 0.25) is 0 Å². The number of pyridine rings is 1. The Hall–Kier alpha value is -2.62. The third-order valence-corrected chi connectivity index (χ3v) is 5.19. The molecule has 0 amide bonds. The third-order valence-electron chi connectivity index (χ3n) is 5.19. The zero-order chi connectivity index (χ0) is 19.4. The number of aromatic amines is 1. The van der Waals surface area contributed by atoms with E-state index in [1.165, 1.54) is 30.5 Å². The first-order chi connectivity index (χ1) is 13.0. The predicted molar refractivity (Wildman–Crippen MR) is 112 cm³/mol. The van der Waals surface area contributed by atoms with Gasteiger partial charge in [0.1, 0.15) is 5.82 Å². The fourth-order valence-electron chi connectivity index (χ4n) is 3.75. The molecule has 1 aromatic heterocycles. The highest BCUT2D eigenvalue weighted by molar-refractivity contribution is 5.91. The summed E-state index contributed by atoms with van der Waals surface area (Å²) in [6.07, 6.45) is 10.8. The molecule has 2 aromatic rings. The lowest BCUT2D eigenvalue weighted by Crippen LogP contribution is -2.28. The molecule has 2 N–H and O–H groups in total. The van der Waals surface area contributed by atoms with Gasteiger partial charge >= 0.3 is 0 Å². The summed E-state index contributed by atoms with van der Waals surface area (Å²) in [5.74, 6) is 0.0437. The average molecular weight is 366 g/mol. The maximum Gasteiger partial charge on any atom is 0.248 e.